The number of carbonyl (C=O) groups is 1. The summed E-state index contributed by atoms with van der Waals surface area (Å²) in [7, 11) is 0. The summed E-state index contributed by atoms with van der Waals surface area (Å²) in [4.78, 5) is 14.5. The highest BCUT2D eigenvalue weighted by Gasteiger charge is 2.08. The fourth-order valence-corrected chi connectivity index (χ4v) is 1.45. The van der Waals surface area contributed by atoms with Gasteiger partial charge in [-0.2, -0.15) is 0 Å². The Morgan fingerprint density at radius 3 is 2.65 bits per heavy atom. The lowest BCUT2D eigenvalue weighted by molar-refractivity contribution is -0.136. The van der Waals surface area contributed by atoms with Crippen molar-refractivity contribution < 1.29 is 19.4 Å². The molecule has 1 heterocycles. The van der Waals surface area contributed by atoms with Gasteiger partial charge in [-0.3, -0.25) is 4.79 Å². The SMILES string of the molecule is O=C(O)Cc1cnc(Cc2ccc(O)cc2)o1. The largest absolute Gasteiger partial charge is 0.508 e. The summed E-state index contributed by atoms with van der Waals surface area (Å²) in [6.07, 6.45) is 1.73. The standard InChI is InChI=1S/C12H11NO4/c14-9-3-1-8(2-4-9)5-11-13-7-10(17-11)6-12(15)16/h1-4,7,14H,5-6H2,(H,15,16). The van der Waals surface area contributed by atoms with Gasteiger partial charge in [0.15, 0.2) is 5.89 Å². The van der Waals surface area contributed by atoms with Crippen LogP contribution in [0.1, 0.15) is 17.2 Å². The maximum Gasteiger partial charge on any atom is 0.311 e. The molecule has 88 valence electrons. The molecular weight excluding hydrogens is 222 g/mol. The molecule has 0 aliphatic carbocycles. The number of hydrogen-bond acceptors (Lipinski definition) is 4. The number of benzene rings is 1. The molecule has 1 aromatic heterocycles. The normalized spacial score (nSPS) is 10.4. The Bertz CT molecular complexity index is 516. The van der Waals surface area contributed by atoms with Gasteiger partial charge in [-0.1, -0.05) is 12.1 Å². The quantitative estimate of drug-likeness (QED) is 0.837. The zero-order valence-electron chi connectivity index (χ0n) is 8.96. The Balaban J connectivity index is 2.06. The van der Waals surface area contributed by atoms with Crippen molar-refractivity contribution in [3.8, 4) is 5.75 Å². The molecule has 2 aromatic rings. The van der Waals surface area contributed by atoms with Crippen molar-refractivity contribution >= 4 is 5.97 Å². The van der Waals surface area contributed by atoms with Gasteiger partial charge in [-0.25, -0.2) is 4.98 Å². The van der Waals surface area contributed by atoms with Crippen molar-refractivity contribution in [2.24, 2.45) is 0 Å². The van der Waals surface area contributed by atoms with Gasteiger partial charge >= 0.3 is 5.97 Å². The zero-order valence-corrected chi connectivity index (χ0v) is 8.96. The van der Waals surface area contributed by atoms with E-state index in [1.54, 1.807) is 24.3 Å². The fraction of sp³-hybridized carbons (Fsp3) is 0.167. The minimum absolute atomic E-state index is 0.164. The van der Waals surface area contributed by atoms with Crippen LogP contribution in [0.15, 0.2) is 34.9 Å². The number of carboxylic acid groups (broad SMARTS) is 1. The summed E-state index contributed by atoms with van der Waals surface area (Å²) in [6.45, 7) is 0. The summed E-state index contributed by atoms with van der Waals surface area (Å²) in [5.74, 6) is 0.0586. The third-order valence-electron chi connectivity index (χ3n) is 2.22. The van der Waals surface area contributed by atoms with Crippen LogP contribution in [0.4, 0.5) is 0 Å². The van der Waals surface area contributed by atoms with Crippen molar-refractivity contribution in [1.82, 2.24) is 4.98 Å². The van der Waals surface area contributed by atoms with Crippen molar-refractivity contribution in [1.29, 1.82) is 0 Å². The number of rotatable bonds is 4. The van der Waals surface area contributed by atoms with E-state index in [1.807, 2.05) is 0 Å². The van der Waals surface area contributed by atoms with Crippen LogP contribution in [0.2, 0.25) is 0 Å². The molecular formula is C12H11NO4. The minimum Gasteiger partial charge on any atom is -0.508 e. The predicted molar refractivity (Wildman–Crippen MR) is 58.8 cm³/mol. The average molecular weight is 233 g/mol. The van der Waals surface area contributed by atoms with Crippen LogP contribution < -0.4 is 0 Å². The molecule has 0 fully saturated rings. The first-order chi connectivity index (χ1) is 8.13. The Labute approximate surface area is 97.3 Å². The Hall–Kier alpha value is -2.30. The Morgan fingerprint density at radius 2 is 2.00 bits per heavy atom. The molecule has 17 heavy (non-hydrogen) atoms. The number of oxazole rings is 1. The molecule has 0 aliphatic rings. The van der Waals surface area contributed by atoms with Crippen molar-refractivity contribution in [2.45, 2.75) is 12.8 Å². The molecule has 2 N–H and O–H groups in total. The van der Waals surface area contributed by atoms with Crippen molar-refractivity contribution in [2.75, 3.05) is 0 Å². The van der Waals surface area contributed by atoms with E-state index in [-0.39, 0.29) is 12.2 Å². The molecule has 0 bridgehead atoms. The average Bonchev–Trinajstić information content (AvgIpc) is 2.68. The van der Waals surface area contributed by atoms with Crippen LogP contribution >= 0.6 is 0 Å². The van der Waals surface area contributed by atoms with E-state index in [2.05, 4.69) is 4.98 Å². The van der Waals surface area contributed by atoms with Crippen LogP contribution in [-0.4, -0.2) is 21.2 Å². The second kappa shape index (κ2) is 4.69. The third kappa shape index (κ3) is 3.07. The lowest BCUT2D eigenvalue weighted by Gasteiger charge is -1.97. The van der Waals surface area contributed by atoms with Crippen LogP contribution in [0.3, 0.4) is 0 Å². The molecule has 0 unspecified atom stereocenters. The van der Waals surface area contributed by atoms with Gasteiger partial charge in [0.05, 0.1) is 6.20 Å². The number of aromatic nitrogens is 1. The first-order valence-corrected chi connectivity index (χ1v) is 5.07. The monoisotopic (exact) mass is 233 g/mol. The molecule has 0 radical (unpaired) electrons. The molecule has 1 aromatic carbocycles. The summed E-state index contributed by atoms with van der Waals surface area (Å²) in [5.41, 5.74) is 0.937. The first-order valence-electron chi connectivity index (χ1n) is 5.07. The number of aromatic hydroxyl groups is 1. The van der Waals surface area contributed by atoms with Gasteiger partial charge in [0.25, 0.3) is 0 Å². The predicted octanol–water partition coefficient (Wildman–Crippen LogP) is 1.60. The maximum atomic E-state index is 10.5. The first kappa shape index (κ1) is 11.2. The molecule has 0 amide bonds. The maximum absolute atomic E-state index is 10.5. The topological polar surface area (TPSA) is 83.6 Å². The number of hydrogen-bond donors (Lipinski definition) is 2. The number of phenolic OH excluding ortho intramolecular Hbond substituents is 1. The highest BCUT2D eigenvalue weighted by atomic mass is 16.4. The second-order valence-corrected chi connectivity index (χ2v) is 3.63. The molecule has 0 saturated carbocycles. The molecule has 2 rings (SSSR count). The van der Waals surface area contributed by atoms with Gasteiger partial charge in [-0.05, 0) is 17.7 Å². The van der Waals surface area contributed by atoms with Crippen LogP contribution in [0.5, 0.6) is 5.75 Å². The zero-order chi connectivity index (χ0) is 12.3. The lowest BCUT2D eigenvalue weighted by atomic mass is 10.1. The summed E-state index contributed by atoms with van der Waals surface area (Å²) >= 11 is 0. The van der Waals surface area contributed by atoms with Crippen molar-refractivity contribution in [3.63, 3.8) is 0 Å². The molecule has 0 aliphatic heterocycles. The van der Waals surface area contributed by atoms with E-state index in [1.165, 1.54) is 6.20 Å². The van der Waals surface area contributed by atoms with Gasteiger partial charge in [0.1, 0.15) is 17.9 Å². The number of nitrogens with zero attached hydrogens (tertiary/aromatic N) is 1. The van der Waals surface area contributed by atoms with E-state index in [0.717, 1.165) is 5.56 Å². The molecule has 0 spiro atoms. The van der Waals surface area contributed by atoms with Gasteiger partial charge in [0.2, 0.25) is 0 Å². The molecule has 5 heteroatoms. The van der Waals surface area contributed by atoms with E-state index in [0.29, 0.717) is 18.1 Å². The Morgan fingerprint density at radius 1 is 1.29 bits per heavy atom. The van der Waals surface area contributed by atoms with Gasteiger partial charge < -0.3 is 14.6 Å². The van der Waals surface area contributed by atoms with Gasteiger partial charge in [0, 0.05) is 6.42 Å². The highest BCUT2D eigenvalue weighted by Crippen LogP contribution is 2.14. The second-order valence-electron chi connectivity index (χ2n) is 3.63. The van der Waals surface area contributed by atoms with Crippen LogP contribution in [-0.2, 0) is 17.6 Å². The number of aliphatic carboxylic acids is 1. The molecule has 0 saturated heterocycles. The van der Waals surface area contributed by atoms with E-state index in [9.17, 15) is 4.79 Å². The number of phenols is 1. The molecule has 0 atom stereocenters. The summed E-state index contributed by atoms with van der Waals surface area (Å²) in [5, 5.41) is 17.7. The van der Waals surface area contributed by atoms with E-state index in [4.69, 9.17) is 14.6 Å². The highest BCUT2D eigenvalue weighted by molar-refractivity contribution is 5.69. The Kier molecular flexibility index (Phi) is 3.09. The lowest BCUT2D eigenvalue weighted by Crippen LogP contribution is -1.98. The summed E-state index contributed by atoms with van der Waals surface area (Å²) in [6, 6.07) is 6.68. The van der Waals surface area contributed by atoms with Crippen LogP contribution in [0.25, 0.3) is 0 Å². The van der Waals surface area contributed by atoms with E-state index >= 15 is 0 Å². The van der Waals surface area contributed by atoms with Gasteiger partial charge in [-0.15, -0.1) is 0 Å². The van der Waals surface area contributed by atoms with E-state index < -0.39 is 5.97 Å². The molecule has 5 nitrogen and oxygen atoms in total. The van der Waals surface area contributed by atoms with Crippen molar-refractivity contribution in [3.05, 3.63) is 47.7 Å². The smallest absolute Gasteiger partial charge is 0.311 e. The number of carboxylic acids is 1. The minimum atomic E-state index is -0.947. The third-order valence-corrected chi connectivity index (χ3v) is 2.22. The fourth-order valence-electron chi connectivity index (χ4n) is 1.45. The summed E-state index contributed by atoms with van der Waals surface area (Å²) < 4.78 is 5.27. The van der Waals surface area contributed by atoms with Crippen LogP contribution in [0, 0.1) is 0 Å².